The third kappa shape index (κ3) is 8.26. The van der Waals surface area contributed by atoms with E-state index in [0.29, 0.717) is 0 Å². The zero-order valence-electron chi connectivity index (χ0n) is 10.3. The molecule has 10 heteroatoms. The number of carboxylic acids is 1. The highest BCUT2D eigenvalue weighted by molar-refractivity contribution is 8.04. The number of hydrogen-bond acceptors (Lipinski definition) is 5. The minimum atomic E-state index is -1.23. The molecule has 0 bridgehead atoms. The van der Waals surface area contributed by atoms with Crippen molar-refractivity contribution < 1.29 is 19.5 Å². The number of amides is 2. The van der Waals surface area contributed by atoms with E-state index in [1.807, 2.05) is 0 Å². The quantitative estimate of drug-likeness (QED) is 0.470. The van der Waals surface area contributed by atoms with Crippen LogP contribution in [0.3, 0.4) is 0 Å². The molecule has 0 spiro atoms. The molecule has 0 radical (unpaired) electrons. The molecule has 0 aromatic heterocycles. The lowest BCUT2D eigenvalue weighted by atomic mass is 10.1. The molecule has 2 unspecified atom stereocenters. The highest BCUT2D eigenvalue weighted by atomic mass is 35.5. The van der Waals surface area contributed by atoms with Gasteiger partial charge in [0, 0.05) is 17.7 Å². The number of aliphatic carboxylic acids is 1. The number of halogens is 2. The molecule has 0 heterocycles. The van der Waals surface area contributed by atoms with Gasteiger partial charge in [0.15, 0.2) is 0 Å². The van der Waals surface area contributed by atoms with Crippen molar-refractivity contribution in [2.75, 3.05) is 5.75 Å². The predicted molar refractivity (Wildman–Crippen MR) is 78.2 cm³/mol. The molecule has 7 nitrogen and oxygen atoms in total. The smallest absolute Gasteiger partial charge is 0.327 e. The fourth-order valence-corrected chi connectivity index (χ4v) is 2.07. The Morgan fingerprint density at radius 2 is 2.00 bits per heavy atom. The second kappa shape index (κ2) is 9.87. The van der Waals surface area contributed by atoms with E-state index in [9.17, 15) is 14.4 Å². The van der Waals surface area contributed by atoms with Gasteiger partial charge in [-0.1, -0.05) is 23.2 Å². The monoisotopic (exact) mass is 343 g/mol. The van der Waals surface area contributed by atoms with Gasteiger partial charge in [0.2, 0.25) is 11.8 Å². The molecule has 0 fully saturated rings. The average molecular weight is 344 g/mol. The molecule has 0 saturated heterocycles. The van der Waals surface area contributed by atoms with Crippen LogP contribution in [0.5, 0.6) is 0 Å². The number of thioether (sulfide) groups is 1. The topological polar surface area (TPSA) is 136 Å². The van der Waals surface area contributed by atoms with Crippen LogP contribution >= 0.6 is 35.0 Å². The second-order valence-electron chi connectivity index (χ2n) is 3.74. The molecule has 0 aromatic carbocycles. The van der Waals surface area contributed by atoms with Crippen molar-refractivity contribution in [3.8, 4) is 0 Å². The first-order valence-electron chi connectivity index (χ1n) is 5.43. The van der Waals surface area contributed by atoms with Gasteiger partial charge < -0.3 is 21.9 Å². The van der Waals surface area contributed by atoms with Gasteiger partial charge in [-0.15, -0.1) is 11.8 Å². The van der Waals surface area contributed by atoms with Crippen LogP contribution in [0.2, 0.25) is 0 Å². The number of rotatable bonds is 9. The van der Waals surface area contributed by atoms with Crippen molar-refractivity contribution >= 4 is 52.7 Å². The Morgan fingerprint density at radius 3 is 2.45 bits per heavy atom. The summed E-state index contributed by atoms with van der Waals surface area (Å²) in [6, 6.07) is -2.18. The van der Waals surface area contributed by atoms with Crippen molar-refractivity contribution in [1.82, 2.24) is 5.32 Å². The van der Waals surface area contributed by atoms with Gasteiger partial charge in [0.25, 0.3) is 0 Å². The van der Waals surface area contributed by atoms with E-state index in [0.717, 1.165) is 17.3 Å². The minimum Gasteiger partial charge on any atom is -0.480 e. The highest BCUT2D eigenvalue weighted by Gasteiger charge is 2.23. The standard InChI is InChI=1S/C10H15Cl2N3O4S/c11-3-7(12)20-4-6(10(18)19)15-9(17)5(13)1-2-8(14)16/h3,5-6H,1-2,4,13H2,(H2,14,16)(H,15,17)(H,18,19). The van der Waals surface area contributed by atoms with E-state index in [-0.39, 0.29) is 23.0 Å². The van der Waals surface area contributed by atoms with E-state index >= 15 is 0 Å². The zero-order valence-corrected chi connectivity index (χ0v) is 12.7. The lowest BCUT2D eigenvalue weighted by Crippen LogP contribution is -2.49. The average Bonchev–Trinajstić information content (AvgIpc) is 2.39. The summed E-state index contributed by atoms with van der Waals surface area (Å²) in [5, 5.41) is 11.2. The first-order chi connectivity index (χ1) is 9.27. The van der Waals surface area contributed by atoms with Crippen molar-refractivity contribution in [1.29, 1.82) is 0 Å². The van der Waals surface area contributed by atoms with Crippen LogP contribution in [-0.4, -0.2) is 40.7 Å². The van der Waals surface area contributed by atoms with Gasteiger partial charge in [-0.3, -0.25) is 9.59 Å². The molecule has 0 aliphatic heterocycles. The second-order valence-corrected chi connectivity index (χ2v) is 5.65. The lowest BCUT2D eigenvalue weighted by molar-refractivity contribution is -0.141. The molecule has 6 N–H and O–H groups in total. The van der Waals surface area contributed by atoms with E-state index in [2.05, 4.69) is 5.32 Å². The van der Waals surface area contributed by atoms with Gasteiger partial charge in [0.1, 0.15) is 6.04 Å². The van der Waals surface area contributed by atoms with Crippen LogP contribution in [0.4, 0.5) is 0 Å². The third-order valence-electron chi connectivity index (χ3n) is 2.13. The molecule has 2 atom stereocenters. The number of carbonyl (C=O) groups excluding carboxylic acids is 2. The van der Waals surface area contributed by atoms with E-state index in [1.165, 1.54) is 0 Å². The van der Waals surface area contributed by atoms with Gasteiger partial charge in [-0.25, -0.2) is 4.79 Å². The Balaban J connectivity index is 4.40. The van der Waals surface area contributed by atoms with Crippen molar-refractivity contribution in [3.63, 3.8) is 0 Å². The molecular weight excluding hydrogens is 329 g/mol. The number of carboxylic acid groups (broad SMARTS) is 1. The maximum atomic E-state index is 11.7. The minimum absolute atomic E-state index is 0.00827. The van der Waals surface area contributed by atoms with Crippen LogP contribution in [0.25, 0.3) is 0 Å². The number of nitrogens with two attached hydrogens (primary N) is 2. The van der Waals surface area contributed by atoms with Crippen molar-refractivity contribution in [2.24, 2.45) is 11.5 Å². The Morgan fingerprint density at radius 1 is 1.40 bits per heavy atom. The first kappa shape index (κ1) is 19.0. The number of primary amides is 1. The SMILES string of the molecule is NC(=O)CCC(N)C(=O)NC(CSC(Cl)=CCl)C(=O)O. The summed E-state index contributed by atoms with van der Waals surface area (Å²) >= 11 is 11.9. The van der Waals surface area contributed by atoms with Gasteiger partial charge in [-0.2, -0.15) is 0 Å². The van der Waals surface area contributed by atoms with Crippen LogP contribution in [0, 0.1) is 0 Å². The summed E-state index contributed by atoms with van der Waals surface area (Å²) in [6.07, 6.45) is -0.00905. The summed E-state index contributed by atoms with van der Waals surface area (Å²) in [5.41, 5.74) is 11.5. The van der Waals surface area contributed by atoms with Crippen molar-refractivity contribution in [3.05, 3.63) is 9.90 Å². The summed E-state index contributed by atoms with van der Waals surface area (Å²) in [7, 11) is 0. The summed E-state index contributed by atoms with van der Waals surface area (Å²) in [4.78, 5) is 33.2. The van der Waals surface area contributed by atoms with Gasteiger partial charge >= 0.3 is 5.97 Å². The Hall–Kier alpha value is -0.960. The maximum absolute atomic E-state index is 11.7. The van der Waals surface area contributed by atoms with Gasteiger partial charge in [-0.05, 0) is 6.42 Å². The molecule has 114 valence electrons. The Bertz CT molecular complexity index is 406. The van der Waals surface area contributed by atoms with Crippen LogP contribution in [0.1, 0.15) is 12.8 Å². The molecule has 0 aliphatic carbocycles. The summed E-state index contributed by atoms with van der Waals surface area (Å²) < 4.78 is 0.199. The van der Waals surface area contributed by atoms with E-state index < -0.39 is 29.9 Å². The van der Waals surface area contributed by atoms with Crippen LogP contribution in [0.15, 0.2) is 9.90 Å². The van der Waals surface area contributed by atoms with Gasteiger partial charge in [0.05, 0.1) is 10.4 Å². The third-order valence-corrected chi connectivity index (χ3v) is 3.92. The van der Waals surface area contributed by atoms with Crippen LogP contribution < -0.4 is 16.8 Å². The number of nitrogens with one attached hydrogen (secondary N) is 1. The Kier molecular flexibility index (Phi) is 9.39. The fourth-order valence-electron chi connectivity index (χ4n) is 1.08. The normalized spacial score (nSPS) is 14.4. The molecular formula is C10H15Cl2N3O4S. The fraction of sp³-hybridized carbons (Fsp3) is 0.500. The summed E-state index contributed by atoms with van der Waals surface area (Å²) in [6.45, 7) is 0. The Labute approximate surface area is 130 Å². The molecule has 0 aromatic rings. The molecule has 0 saturated carbocycles. The van der Waals surface area contributed by atoms with Crippen molar-refractivity contribution in [2.45, 2.75) is 24.9 Å². The summed E-state index contributed by atoms with van der Waals surface area (Å²) in [5.74, 6) is -2.50. The van der Waals surface area contributed by atoms with Crippen LogP contribution in [-0.2, 0) is 14.4 Å². The predicted octanol–water partition coefficient (Wildman–Crippen LogP) is 0.158. The van der Waals surface area contributed by atoms with E-state index in [1.54, 1.807) is 0 Å². The lowest BCUT2D eigenvalue weighted by Gasteiger charge is -2.17. The molecule has 2 amide bonds. The molecule has 0 aliphatic rings. The zero-order chi connectivity index (χ0) is 15.7. The first-order valence-corrected chi connectivity index (χ1v) is 7.23. The molecule has 20 heavy (non-hydrogen) atoms. The largest absolute Gasteiger partial charge is 0.480 e. The number of hydrogen-bond donors (Lipinski definition) is 4. The van der Waals surface area contributed by atoms with E-state index in [4.69, 9.17) is 39.8 Å². The maximum Gasteiger partial charge on any atom is 0.327 e. The highest BCUT2D eigenvalue weighted by Crippen LogP contribution is 2.21. The number of carbonyl (C=O) groups is 3. The molecule has 0 rings (SSSR count).